The van der Waals surface area contributed by atoms with Gasteiger partial charge in [-0.25, -0.2) is 0 Å². The van der Waals surface area contributed by atoms with Crippen molar-refractivity contribution in [2.24, 2.45) is 4.40 Å². The zero-order valence-electron chi connectivity index (χ0n) is 17.9. The molecule has 4 rings (SSSR count). The van der Waals surface area contributed by atoms with Gasteiger partial charge in [-0.3, -0.25) is 14.9 Å². The van der Waals surface area contributed by atoms with Crippen molar-refractivity contribution in [1.29, 1.82) is 0 Å². The van der Waals surface area contributed by atoms with Crippen molar-refractivity contribution in [2.45, 2.75) is 43.5 Å². The number of nitrogens with zero attached hydrogens (tertiary/aromatic N) is 4. The summed E-state index contributed by atoms with van der Waals surface area (Å²) in [5, 5.41) is 11.1. The molecular weight excluding hydrogens is 432 g/mol. The summed E-state index contributed by atoms with van der Waals surface area (Å²) < 4.78 is 29.7. The van der Waals surface area contributed by atoms with E-state index in [9.17, 15) is 23.3 Å². The lowest BCUT2D eigenvalue weighted by Crippen LogP contribution is -2.35. The molecule has 0 spiro atoms. The number of hydrogen-bond donors (Lipinski definition) is 0. The smallest absolute Gasteiger partial charge is 0.286 e. The van der Waals surface area contributed by atoms with E-state index < -0.39 is 21.0 Å². The highest BCUT2D eigenvalue weighted by atomic mass is 32.2. The Morgan fingerprint density at radius 1 is 1.19 bits per heavy atom. The van der Waals surface area contributed by atoms with Gasteiger partial charge in [0.1, 0.15) is 10.7 Å². The number of amidine groups is 1. The minimum Gasteiger partial charge on any atom is -0.335 e. The monoisotopic (exact) mass is 456 g/mol. The highest BCUT2D eigenvalue weighted by Crippen LogP contribution is 2.35. The first-order chi connectivity index (χ1) is 15.2. The molecule has 0 N–H and O–H groups in total. The first-order valence-corrected chi connectivity index (χ1v) is 11.9. The number of fused-ring (bicyclic) bond motifs is 3. The zero-order valence-corrected chi connectivity index (χ0v) is 18.7. The molecule has 2 aliphatic heterocycles. The largest absolute Gasteiger partial charge is 0.335 e. The Morgan fingerprint density at radius 2 is 1.97 bits per heavy atom. The van der Waals surface area contributed by atoms with Crippen molar-refractivity contribution in [3.63, 3.8) is 0 Å². The summed E-state index contributed by atoms with van der Waals surface area (Å²) >= 11 is 0. The number of hydrogen-bond acceptors (Lipinski definition) is 6. The zero-order chi connectivity index (χ0) is 23.0. The first kappa shape index (κ1) is 21.9. The Kier molecular flexibility index (Phi) is 5.72. The summed E-state index contributed by atoms with van der Waals surface area (Å²) in [5.41, 5.74) is 1.34. The van der Waals surface area contributed by atoms with E-state index in [2.05, 4.69) is 4.40 Å². The van der Waals surface area contributed by atoms with Crippen LogP contribution in [0.5, 0.6) is 0 Å². The topological polar surface area (TPSA) is 113 Å². The van der Waals surface area contributed by atoms with Crippen LogP contribution in [0.2, 0.25) is 0 Å². The summed E-state index contributed by atoms with van der Waals surface area (Å²) in [6.07, 6.45) is 3.48. The Labute approximate surface area is 186 Å². The predicted octanol–water partition coefficient (Wildman–Crippen LogP) is 3.91. The summed E-state index contributed by atoms with van der Waals surface area (Å²) in [4.78, 5) is 27.2. The summed E-state index contributed by atoms with van der Waals surface area (Å²) in [7, 11) is -2.31. The van der Waals surface area contributed by atoms with E-state index >= 15 is 0 Å². The van der Waals surface area contributed by atoms with E-state index in [1.165, 1.54) is 23.1 Å². The second-order valence-electron chi connectivity index (χ2n) is 8.07. The number of anilines is 1. The van der Waals surface area contributed by atoms with Crippen LogP contribution in [0.3, 0.4) is 0 Å². The number of nitro benzene ring substituents is 1. The molecule has 2 aromatic rings. The molecule has 1 atom stereocenters. The summed E-state index contributed by atoms with van der Waals surface area (Å²) in [6.45, 7) is 2.46. The number of nitro groups is 1. The molecule has 32 heavy (non-hydrogen) atoms. The SMILES string of the molecule is CC(c1cccc([N+](=O)[O-])c1)N(C)C(=O)c1ccc2c(c1)S(=O)(=O)N=C1CCCCCN12. The van der Waals surface area contributed by atoms with Crippen LogP contribution in [-0.4, -0.2) is 43.6 Å². The molecule has 2 aromatic carbocycles. The minimum absolute atomic E-state index is 0.0328. The number of benzene rings is 2. The number of sulfonamides is 1. The van der Waals surface area contributed by atoms with Crippen LogP contribution in [0.1, 0.15) is 54.6 Å². The van der Waals surface area contributed by atoms with Crippen LogP contribution >= 0.6 is 0 Å². The lowest BCUT2D eigenvalue weighted by Gasteiger charge is -2.30. The molecule has 0 aliphatic carbocycles. The Hall–Kier alpha value is -3.27. The molecule has 0 saturated carbocycles. The van der Waals surface area contributed by atoms with E-state index in [1.807, 2.05) is 4.90 Å². The normalized spacial score (nSPS) is 17.9. The maximum Gasteiger partial charge on any atom is 0.286 e. The second kappa shape index (κ2) is 8.34. The molecule has 10 heteroatoms. The molecule has 168 valence electrons. The van der Waals surface area contributed by atoms with Gasteiger partial charge in [0.2, 0.25) is 0 Å². The average molecular weight is 457 g/mol. The molecule has 1 unspecified atom stereocenters. The molecule has 1 fully saturated rings. The Bertz CT molecular complexity index is 1220. The van der Waals surface area contributed by atoms with Crippen molar-refractivity contribution in [3.05, 3.63) is 63.7 Å². The van der Waals surface area contributed by atoms with Gasteiger partial charge in [-0.15, -0.1) is 4.40 Å². The van der Waals surface area contributed by atoms with Gasteiger partial charge < -0.3 is 9.80 Å². The van der Waals surface area contributed by atoms with Crippen molar-refractivity contribution in [2.75, 3.05) is 18.5 Å². The van der Waals surface area contributed by atoms with E-state index in [-0.39, 0.29) is 22.1 Å². The third-order valence-electron chi connectivity index (χ3n) is 6.06. The maximum absolute atomic E-state index is 13.2. The molecule has 0 radical (unpaired) electrons. The fourth-order valence-corrected chi connectivity index (χ4v) is 5.40. The van der Waals surface area contributed by atoms with Crippen molar-refractivity contribution < 1.29 is 18.1 Å². The van der Waals surface area contributed by atoms with E-state index in [0.29, 0.717) is 30.1 Å². The number of carbonyl (C=O) groups excluding carboxylic acids is 1. The van der Waals surface area contributed by atoms with Crippen LogP contribution in [0.15, 0.2) is 51.8 Å². The highest BCUT2D eigenvalue weighted by molar-refractivity contribution is 7.90. The molecule has 0 bridgehead atoms. The number of amides is 1. The summed E-state index contributed by atoms with van der Waals surface area (Å²) in [5.74, 6) is 0.179. The number of rotatable bonds is 4. The van der Waals surface area contributed by atoms with Crippen molar-refractivity contribution in [3.8, 4) is 0 Å². The lowest BCUT2D eigenvalue weighted by molar-refractivity contribution is -0.384. The van der Waals surface area contributed by atoms with Gasteiger partial charge in [0.15, 0.2) is 0 Å². The van der Waals surface area contributed by atoms with Gasteiger partial charge in [-0.05, 0) is 43.5 Å². The third kappa shape index (κ3) is 3.97. The van der Waals surface area contributed by atoms with Gasteiger partial charge in [-0.2, -0.15) is 8.42 Å². The molecular formula is C22H24N4O5S. The van der Waals surface area contributed by atoms with Crippen LogP contribution in [0.4, 0.5) is 11.4 Å². The number of carbonyl (C=O) groups is 1. The van der Waals surface area contributed by atoms with Crippen LogP contribution < -0.4 is 4.90 Å². The van der Waals surface area contributed by atoms with Gasteiger partial charge in [0.25, 0.3) is 21.6 Å². The average Bonchev–Trinajstić information content (AvgIpc) is 3.02. The van der Waals surface area contributed by atoms with Crippen LogP contribution in [0, 0.1) is 10.1 Å². The Balaban J connectivity index is 1.65. The van der Waals surface area contributed by atoms with Crippen molar-refractivity contribution in [1.82, 2.24) is 4.90 Å². The predicted molar refractivity (Wildman–Crippen MR) is 120 cm³/mol. The molecule has 1 amide bonds. The number of non-ortho nitro benzene ring substituents is 1. The standard InChI is InChI=1S/C22H24N4O5S/c1-15(16-7-6-8-18(13-16)26(28)29)24(2)22(27)17-10-11-19-20(14-17)32(30,31)23-21-9-4-3-5-12-25(19)21/h6-8,10-11,13-15H,3-5,9,12H2,1-2H3. The highest BCUT2D eigenvalue weighted by Gasteiger charge is 2.32. The van der Waals surface area contributed by atoms with E-state index in [4.69, 9.17) is 0 Å². The van der Waals surface area contributed by atoms with Gasteiger partial charge in [0.05, 0.1) is 16.7 Å². The molecule has 1 saturated heterocycles. The van der Waals surface area contributed by atoms with Crippen LogP contribution in [-0.2, 0) is 10.0 Å². The van der Waals surface area contributed by atoms with Crippen LogP contribution in [0.25, 0.3) is 0 Å². The third-order valence-corrected chi connectivity index (χ3v) is 7.39. The lowest BCUT2D eigenvalue weighted by atomic mass is 10.1. The van der Waals surface area contributed by atoms with E-state index in [1.54, 1.807) is 38.2 Å². The first-order valence-electron chi connectivity index (χ1n) is 10.5. The fourth-order valence-electron chi connectivity index (χ4n) is 4.11. The fraction of sp³-hybridized carbons (Fsp3) is 0.364. The minimum atomic E-state index is -3.90. The van der Waals surface area contributed by atoms with Gasteiger partial charge >= 0.3 is 0 Å². The maximum atomic E-state index is 13.2. The molecule has 2 heterocycles. The molecule has 2 aliphatic rings. The van der Waals surface area contributed by atoms with Gasteiger partial charge in [-0.1, -0.05) is 18.6 Å². The Morgan fingerprint density at radius 3 is 2.72 bits per heavy atom. The second-order valence-corrected chi connectivity index (χ2v) is 9.64. The van der Waals surface area contributed by atoms with Gasteiger partial charge in [0, 0.05) is 37.7 Å². The quantitative estimate of drug-likeness (QED) is 0.509. The molecule has 9 nitrogen and oxygen atoms in total. The summed E-state index contributed by atoms with van der Waals surface area (Å²) in [6, 6.07) is 10.3. The molecule has 0 aromatic heterocycles. The van der Waals surface area contributed by atoms with Crippen molar-refractivity contribution >= 4 is 33.1 Å². The van der Waals surface area contributed by atoms with E-state index in [0.717, 1.165) is 19.3 Å².